The summed E-state index contributed by atoms with van der Waals surface area (Å²) in [4.78, 5) is 0. The minimum Gasteiger partial charge on any atom is -0.309 e. The first-order valence-electron chi connectivity index (χ1n) is 17.6. The molecule has 10 aromatic rings. The molecule has 1 aromatic heterocycles. The van der Waals surface area contributed by atoms with Gasteiger partial charge in [-0.15, -0.1) is 0 Å². The molecule has 0 spiro atoms. The Kier molecular flexibility index (Phi) is 6.89. The Balaban J connectivity index is 1.30. The van der Waals surface area contributed by atoms with Crippen molar-refractivity contribution in [1.82, 2.24) is 4.57 Å². The van der Waals surface area contributed by atoms with E-state index in [9.17, 15) is 0 Å². The second-order valence-electron chi connectivity index (χ2n) is 13.3. The molecule has 0 fully saturated rings. The molecule has 1 heteroatoms. The molecule has 51 heavy (non-hydrogen) atoms. The third-order valence-corrected chi connectivity index (χ3v) is 10.4. The van der Waals surface area contributed by atoms with E-state index in [1.54, 1.807) is 0 Å². The zero-order valence-electron chi connectivity index (χ0n) is 28.0. The van der Waals surface area contributed by atoms with Crippen molar-refractivity contribution in [2.45, 2.75) is 0 Å². The number of fused-ring (bicyclic) bond motifs is 5. The predicted octanol–water partition coefficient (Wildman–Crippen LogP) is 13.8. The van der Waals surface area contributed by atoms with E-state index in [1.807, 2.05) is 0 Å². The summed E-state index contributed by atoms with van der Waals surface area (Å²) in [6.45, 7) is 0. The van der Waals surface area contributed by atoms with Gasteiger partial charge in [0, 0.05) is 16.5 Å². The Labute approximate surface area is 297 Å². The summed E-state index contributed by atoms with van der Waals surface area (Å²) in [5.74, 6) is 0. The molecule has 238 valence electrons. The van der Waals surface area contributed by atoms with Crippen molar-refractivity contribution in [1.29, 1.82) is 0 Å². The molecule has 1 nitrogen and oxygen atoms in total. The average Bonchev–Trinajstić information content (AvgIpc) is 3.54. The molecular formula is C50H33N. The van der Waals surface area contributed by atoms with Crippen LogP contribution in [0.15, 0.2) is 200 Å². The number of rotatable bonds is 5. The summed E-state index contributed by atoms with van der Waals surface area (Å²) in [6, 6.07) is 73.0. The summed E-state index contributed by atoms with van der Waals surface area (Å²) in [5, 5.41) is 7.51. The van der Waals surface area contributed by atoms with Crippen LogP contribution in [0.1, 0.15) is 0 Å². The molecule has 0 radical (unpaired) electrons. The van der Waals surface area contributed by atoms with E-state index >= 15 is 0 Å². The van der Waals surface area contributed by atoms with E-state index < -0.39 is 0 Å². The highest BCUT2D eigenvalue weighted by molar-refractivity contribution is 6.22. The number of hydrogen-bond donors (Lipinski definition) is 0. The molecule has 0 saturated carbocycles. The Hall–Kier alpha value is -6.70. The van der Waals surface area contributed by atoms with Crippen LogP contribution in [-0.4, -0.2) is 4.57 Å². The number of aromatic nitrogens is 1. The molecule has 1 heterocycles. The molecular weight excluding hydrogens is 615 g/mol. The van der Waals surface area contributed by atoms with Gasteiger partial charge >= 0.3 is 0 Å². The van der Waals surface area contributed by atoms with Crippen LogP contribution in [0.3, 0.4) is 0 Å². The molecule has 0 saturated heterocycles. The van der Waals surface area contributed by atoms with E-state index in [-0.39, 0.29) is 0 Å². The highest BCUT2D eigenvalue weighted by Gasteiger charge is 2.19. The van der Waals surface area contributed by atoms with Crippen LogP contribution in [0.25, 0.3) is 93.5 Å². The predicted molar refractivity (Wildman–Crippen MR) is 218 cm³/mol. The fraction of sp³-hybridized carbons (Fsp3) is 0. The van der Waals surface area contributed by atoms with Gasteiger partial charge < -0.3 is 4.57 Å². The standard InChI is InChI=1S/C50H33N/c1-5-15-34(16-6-1)38-25-29-47-44(31-38)45-32-39(35-17-7-2-8-18-35)26-30-48(45)51(47)40-27-28-43-46(33-40)50(37-21-11-4-12-22-37)42-24-14-13-23-41(42)49(43)36-19-9-3-10-20-36/h1-33H. The van der Waals surface area contributed by atoms with Gasteiger partial charge in [-0.1, -0.05) is 164 Å². The van der Waals surface area contributed by atoms with Crippen molar-refractivity contribution >= 4 is 43.4 Å². The van der Waals surface area contributed by atoms with E-state index in [0.29, 0.717) is 0 Å². The Bertz CT molecular complexity index is 2770. The van der Waals surface area contributed by atoms with Gasteiger partial charge in [-0.3, -0.25) is 0 Å². The van der Waals surface area contributed by atoms with Crippen LogP contribution in [0, 0.1) is 0 Å². The number of hydrogen-bond acceptors (Lipinski definition) is 0. The maximum Gasteiger partial charge on any atom is 0.0541 e. The lowest BCUT2D eigenvalue weighted by molar-refractivity contribution is 1.19. The maximum atomic E-state index is 2.46. The van der Waals surface area contributed by atoms with E-state index in [1.165, 1.54) is 87.9 Å². The molecule has 0 N–H and O–H groups in total. The minimum atomic E-state index is 1.15. The fourth-order valence-electron chi connectivity index (χ4n) is 8.06. The first-order valence-corrected chi connectivity index (χ1v) is 17.6. The number of benzene rings is 9. The zero-order chi connectivity index (χ0) is 33.7. The second kappa shape index (κ2) is 12.0. The van der Waals surface area contributed by atoms with Crippen molar-refractivity contribution in [3.63, 3.8) is 0 Å². The molecule has 0 amide bonds. The Morgan fingerprint density at radius 2 is 0.627 bits per heavy atom. The molecule has 0 aliphatic heterocycles. The maximum absolute atomic E-state index is 2.46. The van der Waals surface area contributed by atoms with Gasteiger partial charge in [0.15, 0.2) is 0 Å². The molecule has 0 aliphatic rings. The van der Waals surface area contributed by atoms with Crippen LogP contribution in [-0.2, 0) is 0 Å². The molecule has 0 bridgehead atoms. The van der Waals surface area contributed by atoms with Gasteiger partial charge in [-0.05, 0) is 102 Å². The van der Waals surface area contributed by atoms with Crippen molar-refractivity contribution in [2.75, 3.05) is 0 Å². The van der Waals surface area contributed by atoms with Crippen molar-refractivity contribution in [2.24, 2.45) is 0 Å². The summed E-state index contributed by atoms with van der Waals surface area (Å²) in [5.41, 5.74) is 13.4. The van der Waals surface area contributed by atoms with Gasteiger partial charge in [-0.2, -0.15) is 0 Å². The smallest absolute Gasteiger partial charge is 0.0541 e. The van der Waals surface area contributed by atoms with Crippen molar-refractivity contribution in [3.8, 4) is 50.2 Å². The third kappa shape index (κ3) is 4.86. The number of nitrogens with zero attached hydrogens (tertiary/aromatic N) is 1. The van der Waals surface area contributed by atoms with Crippen LogP contribution >= 0.6 is 0 Å². The fourth-order valence-corrected chi connectivity index (χ4v) is 8.06. The van der Waals surface area contributed by atoms with Crippen LogP contribution in [0.2, 0.25) is 0 Å². The summed E-state index contributed by atoms with van der Waals surface area (Å²) in [6.07, 6.45) is 0. The summed E-state index contributed by atoms with van der Waals surface area (Å²) in [7, 11) is 0. The molecule has 0 unspecified atom stereocenters. The lowest BCUT2D eigenvalue weighted by Gasteiger charge is -2.19. The van der Waals surface area contributed by atoms with Crippen LogP contribution in [0.5, 0.6) is 0 Å². The minimum absolute atomic E-state index is 1.15. The normalized spacial score (nSPS) is 11.5. The van der Waals surface area contributed by atoms with Gasteiger partial charge in [0.25, 0.3) is 0 Å². The highest BCUT2D eigenvalue weighted by atomic mass is 15.0. The zero-order valence-corrected chi connectivity index (χ0v) is 28.0. The van der Waals surface area contributed by atoms with Crippen LogP contribution in [0.4, 0.5) is 0 Å². The van der Waals surface area contributed by atoms with E-state index in [0.717, 1.165) is 5.69 Å². The van der Waals surface area contributed by atoms with E-state index in [4.69, 9.17) is 0 Å². The van der Waals surface area contributed by atoms with Crippen LogP contribution < -0.4 is 0 Å². The lowest BCUT2D eigenvalue weighted by atomic mass is 9.86. The molecule has 0 aliphatic carbocycles. The highest BCUT2D eigenvalue weighted by Crippen LogP contribution is 2.45. The third-order valence-electron chi connectivity index (χ3n) is 10.4. The summed E-state index contributed by atoms with van der Waals surface area (Å²) >= 11 is 0. The molecule has 10 rings (SSSR count). The quantitative estimate of drug-likeness (QED) is 0.164. The first kappa shape index (κ1) is 29.2. The Morgan fingerprint density at radius 3 is 1.10 bits per heavy atom. The van der Waals surface area contributed by atoms with Gasteiger partial charge in [0.05, 0.1) is 11.0 Å². The average molecular weight is 648 g/mol. The largest absolute Gasteiger partial charge is 0.309 e. The van der Waals surface area contributed by atoms with Gasteiger partial charge in [0.2, 0.25) is 0 Å². The van der Waals surface area contributed by atoms with Gasteiger partial charge in [0.1, 0.15) is 0 Å². The SMILES string of the molecule is c1ccc(-c2ccc3c(c2)c2cc(-c4ccccc4)ccc2n3-c2ccc3c(-c4ccccc4)c4ccccc4c(-c4ccccc4)c3c2)cc1. The van der Waals surface area contributed by atoms with Gasteiger partial charge in [-0.25, -0.2) is 0 Å². The van der Waals surface area contributed by atoms with E-state index in [2.05, 4.69) is 205 Å². The molecule has 0 atom stereocenters. The summed E-state index contributed by atoms with van der Waals surface area (Å²) < 4.78 is 2.46. The molecule has 9 aromatic carbocycles. The first-order chi connectivity index (χ1) is 25.3. The van der Waals surface area contributed by atoms with Crippen molar-refractivity contribution < 1.29 is 0 Å². The Morgan fingerprint density at radius 1 is 0.235 bits per heavy atom. The topological polar surface area (TPSA) is 4.93 Å². The monoisotopic (exact) mass is 647 g/mol. The second-order valence-corrected chi connectivity index (χ2v) is 13.3. The lowest BCUT2D eigenvalue weighted by Crippen LogP contribution is -1.96. The van der Waals surface area contributed by atoms with Crippen molar-refractivity contribution in [3.05, 3.63) is 200 Å².